The molecule has 0 aliphatic heterocycles. The first-order chi connectivity index (χ1) is 8.08. The van der Waals surface area contributed by atoms with Crippen LogP contribution in [0.4, 0.5) is 0 Å². The standard InChI is InChI=1S/C11H23NO4S2/c1-4-5-6-11(18(12,15)16)7-8-17(13,14)9-10(2)3/h4,10-11H,1,5-9H2,2-3H3,(H2,12,15,16)/t11-/m1/s1. The largest absolute Gasteiger partial charge is 0.229 e. The van der Waals surface area contributed by atoms with Crippen molar-refractivity contribution in [2.75, 3.05) is 11.5 Å². The monoisotopic (exact) mass is 297 g/mol. The van der Waals surface area contributed by atoms with Crippen LogP contribution in [0.15, 0.2) is 12.7 Å². The average molecular weight is 297 g/mol. The summed E-state index contributed by atoms with van der Waals surface area (Å²) < 4.78 is 46.0. The molecule has 18 heavy (non-hydrogen) atoms. The lowest BCUT2D eigenvalue weighted by Gasteiger charge is -2.14. The Morgan fingerprint density at radius 3 is 2.11 bits per heavy atom. The van der Waals surface area contributed by atoms with Gasteiger partial charge in [-0.15, -0.1) is 6.58 Å². The molecule has 0 unspecified atom stereocenters. The summed E-state index contributed by atoms with van der Waals surface area (Å²) in [5.74, 6) is -0.0222. The van der Waals surface area contributed by atoms with Crippen LogP contribution in [0.5, 0.6) is 0 Å². The minimum atomic E-state index is -3.70. The molecule has 0 aromatic rings. The van der Waals surface area contributed by atoms with Gasteiger partial charge < -0.3 is 0 Å². The van der Waals surface area contributed by atoms with Crippen molar-refractivity contribution < 1.29 is 16.8 Å². The second-order valence-electron chi connectivity index (χ2n) is 4.87. The van der Waals surface area contributed by atoms with Crippen molar-refractivity contribution in [3.8, 4) is 0 Å². The second-order valence-corrected chi connectivity index (χ2v) is 8.95. The van der Waals surface area contributed by atoms with Crippen molar-refractivity contribution in [2.24, 2.45) is 11.1 Å². The molecular weight excluding hydrogens is 274 g/mol. The van der Waals surface area contributed by atoms with E-state index in [4.69, 9.17) is 5.14 Å². The van der Waals surface area contributed by atoms with Crippen LogP contribution in [-0.2, 0) is 19.9 Å². The first kappa shape index (κ1) is 17.6. The average Bonchev–Trinajstić information content (AvgIpc) is 2.13. The van der Waals surface area contributed by atoms with E-state index in [-0.39, 0.29) is 23.8 Å². The lowest BCUT2D eigenvalue weighted by Crippen LogP contribution is -2.31. The van der Waals surface area contributed by atoms with Gasteiger partial charge in [-0.2, -0.15) is 0 Å². The van der Waals surface area contributed by atoms with Gasteiger partial charge >= 0.3 is 0 Å². The van der Waals surface area contributed by atoms with E-state index in [0.29, 0.717) is 12.8 Å². The fourth-order valence-electron chi connectivity index (χ4n) is 1.68. The Bertz CT molecular complexity index is 451. The molecule has 0 heterocycles. The third-order valence-electron chi connectivity index (χ3n) is 2.50. The number of nitrogens with two attached hydrogens (primary N) is 1. The van der Waals surface area contributed by atoms with Crippen LogP contribution in [0, 0.1) is 5.92 Å². The second kappa shape index (κ2) is 7.25. The topological polar surface area (TPSA) is 94.3 Å². The zero-order chi connectivity index (χ0) is 14.4. The molecule has 2 N–H and O–H groups in total. The predicted octanol–water partition coefficient (Wildman–Crippen LogP) is 1.07. The van der Waals surface area contributed by atoms with Gasteiger partial charge in [-0.05, 0) is 25.2 Å². The van der Waals surface area contributed by atoms with Crippen molar-refractivity contribution in [3.63, 3.8) is 0 Å². The predicted molar refractivity (Wildman–Crippen MR) is 74.4 cm³/mol. The van der Waals surface area contributed by atoms with E-state index in [1.807, 2.05) is 13.8 Å². The maximum Gasteiger partial charge on any atom is 0.212 e. The number of allylic oxidation sites excluding steroid dienone is 1. The van der Waals surface area contributed by atoms with E-state index in [0.717, 1.165) is 0 Å². The summed E-state index contributed by atoms with van der Waals surface area (Å²) in [5, 5.41) is 4.29. The highest BCUT2D eigenvalue weighted by Crippen LogP contribution is 2.13. The SMILES string of the molecule is C=CCC[C@H](CCS(=O)(=O)CC(C)C)S(N)(=O)=O. The van der Waals surface area contributed by atoms with E-state index in [1.165, 1.54) is 0 Å². The zero-order valence-electron chi connectivity index (χ0n) is 11.0. The molecule has 7 heteroatoms. The molecule has 0 fully saturated rings. The van der Waals surface area contributed by atoms with Gasteiger partial charge in [-0.3, -0.25) is 0 Å². The molecule has 0 aromatic carbocycles. The molecular formula is C11H23NO4S2. The minimum absolute atomic E-state index is 0.0381. The van der Waals surface area contributed by atoms with Crippen LogP contribution in [0.25, 0.3) is 0 Å². The van der Waals surface area contributed by atoms with Gasteiger partial charge in [-0.1, -0.05) is 19.9 Å². The van der Waals surface area contributed by atoms with Crippen LogP contribution in [0.1, 0.15) is 33.1 Å². The molecule has 0 aliphatic rings. The number of hydrogen-bond donors (Lipinski definition) is 1. The Balaban J connectivity index is 4.58. The highest BCUT2D eigenvalue weighted by atomic mass is 32.2. The summed E-state index contributed by atoms with van der Waals surface area (Å²) in [6, 6.07) is 0. The Morgan fingerprint density at radius 2 is 1.72 bits per heavy atom. The molecule has 0 saturated heterocycles. The van der Waals surface area contributed by atoms with Crippen LogP contribution in [-0.4, -0.2) is 33.6 Å². The number of primary sulfonamides is 1. The van der Waals surface area contributed by atoms with Gasteiger partial charge in [0.15, 0.2) is 9.84 Å². The van der Waals surface area contributed by atoms with Crippen molar-refractivity contribution >= 4 is 19.9 Å². The molecule has 108 valence electrons. The highest BCUT2D eigenvalue weighted by molar-refractivity contribution is 7.91. The quantitative estimate of drug-likeness (QED) is 0.644. The Hall–Kier alpha value is -0.400. The Kier molecular flexibility index (Phi) is 7.09. The van der Waals surface area contributed by atoms with E-state index in [2.05, 4.69) is 6.58 Å². The van der Waals surface area contributed by atoms with Gasteiger partial charge in [0.25, 0.3) is 0 Å². The molecule has 1 atom stereocenters. The molecule has 0 saturated carbocycles. The number of hydrogen-bond acceptors (Lipinski definition) is 4. The Labute approximate surface area is 110 Å². The summed E-state index contributed by atoms with van der Waals surface area (Å²) in [7, 11) is -6.91. The fourth-order valence-corrected chi connectivity index (χ4v) is 4.57. The first-order valence-electron chi connectivity index (χ1n) is 5.91. The van der Waals surface area contributed by atoms with Gasteiger partial charge in [0.05, 0.1) is 16.8 Å². The third kappa shape index (κ3) is 7.84. The van der Waals surface area contributed by atoms with Crippen molar-refractivity contribution in [1.29, 1.82) is 0 Å². The minimum Gasteiger partial charge on any atom is -0.229 e. The van der Waals surface area contributed by atoms with Crippen LogP contribution >= 0.6 is 0 Å². The lowest BCUT2D eigenvalue weighted by atomic mass is 10.2. The normalized spacial score (nSPS) is 14.7. The molecule has 0 spiro atoms. The van der Waals surface area contributed by atoms with Gasteiger partial charge in [-0.25, -0.2) is 22.0 Å². The molecule has 0 bridgehead atoms. The Morgan fingerprint density at radius 1 is 1.17 bits per heavy atom. The highest BCUT2D eigenvalue weighted by Gasteiger charge is 2.24. The zero-order valence-corrected chi connectivity index (χ0v) is 12.6. The van der Waals surface area contributed by atoms with Crippen molar-refractivity contribution in [2.45, 2.75) is 38.4 Å². The lowest BCUT2D eigenvalue weighted by molar-refractivity contribution is 0.561. The summed E-state index contributed by atoms with van der Waals surface area (Å²) in [4.78, 5) is 0. The first-order valence-corrected chi connectivity index (χ1v) is 9.34. The van der Waals surface area contributed by atoms with E-state index in [9.17, 15) is 16.8 Å². The third-order valence-corrected chi connectivity index (χ3v) is 5.93. The molecule has 0 rings (SSSR count). The maximum absolute atomic E-state index is 11.7. The molecule has 0 aromatic heterocycles. The maximum atomic E-state index is 11.7. The van der Waals surface area contributed by atoms with Gasteiger partial charge in [0, 0.05) is 0 Å². The number of sulfone groups is 1. The summed E-state index contributed by atoms with van der Waals surface area (Å²) in [5.41, 5.74) is 0. The van der Waals surface area contributed by atoms with E-state index in [1.54, 1.807) is 6.08 Å². The smallest absolute Gasteiger partial charge is 0.212 e. The fraction of sp³-hybridized carbons (Fsp3) is 0.818. The number of sulfonamides is 1. The van der Waals surface area contributed by atoms with Crippen LogP contribution in [0.2, 0.25) is 0 Å². The van der Waals surface area contributed by atoms with Gasteiger partial charge in [0.2, 0.25) is 10.0 Å². The molecule has 0 radical (unpaired) electrons. The van der Waals surface area contributed by atoms with Crippen molar-refractivity contribution in [1.82, 2.24) is 0 Å². The summed E-state index contributed by atoms with van der Waals surface area (Å²) >= 11 is 0. The van der Waals surface area contributed by atoms with Crippen LogP contribution in [0.3, 0.4) is 0 Å². The summed E-state index contributed by atoms with van der Waals surface area (Å²) in [6.07, 6.45) is 2.48. The number of rotatable bonds is 9. The summed E-state index contributed by atoms with van der Waals surface area (Å²) in [6.45, 7) is 7.13. The molecule has 0 aliphatic carbocycles. The van der Waals surface area contributed by atoms with Gasteiger partial charge in [0.1, 0.15) is 0 Å². The van der Waals surface area contributed by atoms with Crippen molar-refractivity contribution in [3.05, 3.63) is 12.7 Å². The van der Waals surface area contributed by atoms with E-state index >= 15 is 0 Å². The molecule has 5 nitrogen and oxygen atoms in total. The molecule has 0 amide bonds. The van der Waals surface area contributed by atoms with E-state index < -0.39 is 25.1 Å². The van der Waals surface area contributed by atoms with Crippen LogP contribution < -0.4 is 5.14 Å².